The second-order valence-corrected chi connectivity index (χ2v) is 5.67. The van der Waals surface area contributed by atoms with E-state index in [1.807, 2.05) is 18.7 Å². The van der Waals surface area contributed by atoms with Gasteiger partial charge in [-0.25, -0.2) is 0 Å². The van der Waals surface area contributed by atoms with Gasteiger partial charge in [-0.2, -0.15) is 0 Å². The van der Waals surface area contributed by atoms with Crippen LogP contribution in [0.4, 0.5) is 0 Å². The van der Waals surface area contributed by atoms with Gasteiger partial charge in [0.15, 0.2) is 0 Å². The molecule has 1 saturated heterocycles. The van der Waals surface area contributed by atoms with E-state index in [-0.39, 0.29) is 17.4 Å². The first-order valence-electron chi connectivity index (χ1n) is 6.48. The molecule has 0 aromatic rings. The first kappa shape index (κ1) is 14.8. The van der Waals surface area contributed by atoms with Crippen molar-refractivity contribution >= 4 is 17.5 Å². The van der Waals surface area contributed by atoms with E-state index < -0.39 is 0 Å². The molecule has 1 aliphatic rings. The number of ether oxygens (including phenoxy) is 1. The highest BCUT2D eigenvalue weighted by Crippen LogP contribution is 2.25. The number of hydrogen-bond acceptors (Lipinski definition) is 2. The van der Waals surface area contributed by atoms with Gasteiger partial charge in [-0.15, -0.1) is 11.6 Å². The number of nitrogens with zero attached hydrogens (tertiary/aromatic N) is 1. The third kappa shape index (κ3) is 4.14. The van der Waals surface area contributed by atoms with Crippen molar-refractivity contribution in [3.63, 3.8) is 0 Å². The molecule has 0 aromatic heterocycles. The minimum Gasteiger partial charge on any atom is -0.377 e. The van der Waals surface area contributed by atoms with Crippen LogP contribution < -0.4 is 0 Å². The first-order chi connectivity index (χ1) is 8.01. The van der Waals surface area contributed by atoms with Crippen LogP contribution in [0.3, 0.4) is 0 Å². The molecule has 1 heterocycles. The minimum absolute atomic E-state index is 0.232. The Hall–Kier alpha value is -0.280. The smallest absolute Gasteiger partial charge is 0.228 e. The predicted molar refractivity (Wildman–Crippen MR) is 70.3 cm³/mol. The molecule has 0 atom stereocenters. The SMILES string of the molecule is CCC(C)(C)C(=O)N1CCC(OCCCl)CC1. The van der Waals surface area contributed by atoms with Crippen molar-refractivity contribution in [2.75, 3.05) is 25.6 Å². The Balaban J connectivity index is 2.39. The summed E-state index contributed by atoms with van der Waals surface area (Å²) in [6.07, 6.45) is 3.03. The second kappa shape index (κ2) is 6.60. The molecule has 1 aliphatic heterocycles. The van der Waals surface area contributed by atoms with Crippen molar-refractivity contribution < 1.29 is 9.53 Å². The van der Waals surface area contributed by atoms with Crippen LogP contribution in [0, 0.1) is 5.41 Å². The summed E-state index contributed by atoms with van der Waals surface area (Å²) in [5.74, 6) is 0.818. The third-order valence-corrected chi connectivity index (χ3v) is 3.78. The van der Waals surface area contributed by atoms with Gasteiger partial charge in [-0.05, 0) is 19.3 Å². The molecule has 4 heteroatoms. The molecule has 0 spiro atoms. The van der Waals surface area contributed by atoms with Gasteiger partial charge in [0, 0.05) is 24.4 Å². The molecule has 0 radical (unpaired) electrons. The number of alkyl halides is 1. The number of carbonyl (C=O) groups excluding carboxylic acids is 1. The van der Waals surface area contributed by atoms with Gasteiger partial charge in [-0.1, -0.05) is 20.8 Å². The maximum atomic E-state index is 12.2. The summed E-state index contributed by atoms with van der Waals surface area (Å²) in [6.45, 7) is 8.34. The third-order valence-electron chi connectivity index (χ3n) is 3.62. The molecule has 0 unspecified atom stereocenters. The average Bonchev–Trinajstić information content (AvgIpc) is 2.36. The van der Waals surface area contributed by atoms with Crippen LogP contribution in [0.25, 0.3) is 0 Å². The molecule has 1 fully saturated rings. The van der Waals surface area contributed by atoms with Crippen molar-refractivity contribution in [2.45, 2.75) is 46.1 Å². The van der Waals surface area contributed by atoms with E-state index >= 15 is 0 Å². The molecule has 17 heavy (non-hydrogen) atoms. The lowest BCUT2D eigenvalue weighted by molar-refractivity contribution is -0.143. The molecule has 0 saturated carbocycles. The number of piperidine rings is 1. The van der Waals surface area contributed by atoms with Crippen molar-refractivity contribution in [1.82, 2.24) is 4.90 Å². The molecular weight excluding hydrogens is 238 g/mol. The van der Waals surface area contributed by atoms with Crippen molar-refractivity contribution in [3.8, 4) is 0 Å². The number of amides is 1. The average molecular weight is 262 g/mol. The van der Waals surface area contributed by atoms with Crippen LogP contribution >= 0.6 is 11.6 Å². The topological polar surface area (TPSA) is 29.5 Å². The summed E-state index contributed by atoms with van der Waals surface area (Å²) in [4.78, 5) is 14.2. The van der Waals surface area contributed by atoms with Gasteiger partial charge in [0.25, 0.3) is 0 Å². The highest BCUT2D eigenvalue weighted by Gasteiger charge is 2.32. The zero-order valence-electron chi connectivity index (χ0n) is 11.2. The highest BCUT2D eigenvalue weighted by atomic mass is 35.5. The molecule has 0 aliphatic carbocycles. The molecule has 0 aromatic carbocycles. The second-order valence-electron chi connectivity index (χ2n) is 5.29. The van der Waals surface area contributed by atoms with E-state index in [9.17, 15) is 4.79 Å². The Labute approximate surface area is 109 Å². The van der Waals surface area contributed by atoms with Crippen LogP contribution in [-0.4, -0.2) is 42.5 Å². The quantitative estimate of drug-likeness (QED) is 0.712. The fourth-order valence-electron chi connectivity index (χ4n) is 2.02. The van der Waals surface area contributed by atoms with E-state index in [1.54, 1.807) is 0 Å². The molecule has 100 valence electrons. The summed E-state index contributed by atoms with van der Waals surface area (Å²) in [5, 5.41) is 0. The number of hydrogen-bond donors (Lipinski definition) is 0. The van der Waals surface area contributed by atoms with E-state index in [0.29, 0.717) is 12.5 Å². The van der Waals surface area contributed by atoms with Gasteiger partial charge in [0.2, 0.25) is 5.91 Å². The summed E-state index contributed by atoms with van der Waals surface area (Å²) in [7, 11) is 0. The first-order valence-corrected chi connectivity index (χ1v) is 7.01. The minimum atomic E-state index is -0.232. The Morgan fingerprint density at radius 2 is 2.00 bits per heavy atom. The molecule has 3 nitrogen and oxygen atoms in total. The van der Waals surface area contributed by atoms with Crippen LogP contribution in [0.15, 0.2) is 0 Å². The number of halogens is 1. The van der Waals surface area contributed by atoms with Gasteiger partial charge in [0.1, 0.15) is 0 Å². The fraction of sp³-hybridized carbons (Fsp3) is 0.923. The van der Waals surface area contributed by atoms with Crippen LogP contribution in [-0.2, 0) is 9.53 Å². The maximum Gasteiger partial charge on any atom is 0.228 e. The molecular formula is C13H24ClNO2. The molecule has 0 bridgehead atoms. The summed E-state index contributed by atoms with van der Waals surface area (Å²) in [5.41, 5.74) is -0.232. The number of likely N-dealkylation sites (tertiary alicyclic amines) is 1. The summed E-state index contributed by atoms with van der Waals surface area (Å²) < 4.78 is 5.60. The Morgan fingerprint density at radius 1 is 1.41 bits per heavy atom. The standard InChI is InChI=1S/C13H24ClNO2/c1-4-13(2,3)12(16)15-8-5-11(6-9-15)17-10-7-14/h11H,4-10H2,1-3H3. The number of carbonyl (C=O) groups is 1. The van der Waals surface area contributed by atoms with Gasteiger partial charge >= 0.3 is 0 Å². The van der Waals surface area contributed by atoms with E-state index in [2.05, 4.69) is 6.92 Å². The highest BCUT2D eigenvalue weighted by molar-refractivity contribution is 6.17. The van der Waals surface area contributed by atoms with Gasteiger partial charge < -0.3 is 9.64 Å². The zero-order chi connectivity index (χ0) is 12.9. The lowest BCUT2D eigenvalue weighted by atomic mass is 9.88. The largest absolute Gasteiger partial charge is 0.377 e. The monoisotopic (exact) mass is 261 g/mol. The van der Waals surface area contributed by atoms with Crippen LogP contribution in [0.1, 0.15) is 40.0 Å². The zero-order valence-corrected chi connectivity index (χ0v) is 11.9. The Bertz CT molecular complexity index is 248. The molecule has 0 N–H and O–H groups in total. The maximum absolute atomic E-state index is 12.2. The van der Waals surface area contributed by atoms with Crippen molar-refractivity contribution in [1.29, 1.82) is 0 Å². The Morgan fingerprint density at radius 3 is 2.47 bits per heavy atom. The summed E-state index contributed by atoms with van der Waals surface area (Å²) >= 11 is 5.59. The Kier molecular flexibility index (Phi) is 5.74. The van der Waals surface area contributed by atoms with E-state index in [0.717, 1.165) is 32.4 Å². The van der Waals surface area contributed by atoms with Crippen LogP contribution in [0.5, 0.6) is 0 Å². The summed E-state index contributed by atoms with van der Waals surface area (Å²) in [6, 6.07) is 0. The van der Waals surface area contributed by atoms with E-state index in [1.165, 1.54) is 0 Å². The lowest BCUT2D eigenvalue weighted by Gasteiger charge is -2.36. The predicted octanol–water partition coefficient (Wildman–Crippen LogP) is 2.67. The number of rotatable bonds is 5. The molecule has 1 rings (SSSR count). The lowest BCUT2D eigenvalue weighted by Crippen LogP contribution is -2.46. The van der Waals surface area contributed by atoms with E-state index in [4.69, 9.17) is 16.3 Å². The van der Waals surface area contributed by atoms with Gasteiger partial charge in [0.05, 0.1) is 12.7 Å². The normalized spacial score (nSPS) is 18.5. The van der Waals surface area contributed by atoms with Crippen LogP contribution in [0.2, 0.25) is 0 Å². The van der Waals surface area contributed by atoms with Crippen molar-refractivity contribution in [2.24, 2.45) is 5.41 Å². The van der Waals surface area contributed by atoms with Crippen molar-refractivity contribution in [3.05, 3.63) is 0 Å². The van der Waals surface area contributed by atoms with Gasteiger partial charge in [-0.3, -0.25) is 4.79 Å². The molecule has 1 amide bonds. The fourth-order valence-corrected chi connectivity index (χ4v) is 2.11.